The van der Waals surface area contributed by atoms with Crippen molar-refractivity contribution < 1.29 is 14.3 Å². The number of fused-ring (bicyclic) bond motifs is 1. The van der Waals surface area contributed by atoms with Crippen molar-refractivity contribution in [3.8, 4) is 0 Å². The molecular weight excluding hydrogens is 357 g/mol. The minimum Gasteiger partial charge on any atom is -0.443 e. The number of amides is 1. The van der Waals surface area contributed by atoms with Gasteiger partial charge in [-0.15, -0.1) is 0 Å². The van der Waals surface area contributed by atoms with Gasteiger partial charge >= 0.3 is 6.09 Å². The molecule has 0 fully saturated rings. The fraction of sp³-hybridized carbons (Fsp3) is 0.429. The van der Waals surface area contributed by atoms with Crippen molar-refractivity contribution in [1.29, 1.82) is 0 Å². The summed E-state index contributed by atoms with van der Waals surface area (Å²) in [5.41, 5.74) is 0.706. The molecule has 4 nitrogen and oxygen atoms in total. The normalized spacial score (nSPS) is 15.2. The summed E-state index contributed by atoms with van der Waals surface area (Å²) >= 11 is 2.16. The monoisotopic (exact) mass is 373 g/mol. The SMILES string of the molecule is CC(C)(C)OC(=O)N1CCC(=O)c2cc(I)ccc21. The van der Waals surface area contributed by atoms with E-state index in [0.29, 0.717) is 24.2 Å². The van der Waals surface area contributed by atoms with E-state index in [4.69, 9.17) is 4.74 Å². The Morgan fingerprint density at radius 3 is 2.68 bits per heavy atom. The third-order valence-electron chi connectivity index (χ3n) is 2.73. The molecule has 0 unspecified atom stereocenters. The summed E-state index contributed by atoms with van der Waals surface area (Å²) in [7, 11) is 0. The predicted octanol–water partition coefficient (Wildman–Crippen LogP) is 3.62. The number of carbonyl (C=O) groups excluding carboxylic acids is 2. The molecule has 0 atom stereocenters. The molecule has 0 saturated heterocycles. The number of carbonyl (C=O) groups is 2. The maximum Gasteiger partial charge on any atom is 0.414 e. The molecule has 19 heavy (non-hydrogen) atoms. The molecule has 0 aromatic heterocycles. The lowest BCUT2D eigenvalue weighted by Gasteiger charge is -2.31. The summed E-state index contributed by atoms with van der Waals surface area (Å²) in [4.78, 5) is 25.6. The Labute approximate surface area is 126 Å². The third-order valence-corrected chi connectivity index (χ3v) is 3.40. The first kappa shape index (κ1) is 14.3. The third kappa shape index (κ3) is 3.26. The molecule has 1 aromatic rings. The number of halogens is 1. The van der Waals surface area contributed by atoms with Gasteiger partial charge in [0.05, 0.1) is 5.69 Å². The van der Waals surface area contributed by atoms with Crippen molar-refractivity contribution in [2.45, 2.75) is 32.8 Å². The lowest BCUT2D eigenvalue weighted by molar-refractivity contribution is 0.0577. The number of ketones is 1. The minimum absolute atomic E-state index is 0.0772. The summed E-state index contributed by atoms with van der Waals surface area (Å²) in [5, 5.41) is 0. The molecular formula is C14H16INO3. The zero-order valence-corrected chi connectivity index (χ0v) is 13.4. The second-order valence-electron chi connectivity index (χ2n) is 5.47. The average Bonchev–Trinajstić information content (AvgIpc) is 2.27. The van der Waals surface area contributed by atoms with E-state index in [1.165, 1.54) is 4.90 Å². The number of ether oxygens (including phenoxy) is 1. The number of hydrogen-bond acceptors (Lipinski definition) is 3. The standard InChI is InChI=1S/C14H16INO3/c1-14(2,3)19-13(18)16-7-6-12(17)10-8-9(15)4-5-11(10)16/h4-5,8H,6-7H2,1-3H3. The molecule has 0 saturated carbocycles. The number of benzene rings is 1. The first-order valence-electron chi connectivity index (χ1n) is 6.11. The highest BCUT2D eigenvalue weighted by molar-refractivity contribution is 14.1. The molecule has 102 valence electrons. The number of anilines is 1. The summed E-state index contributed by atoms with van der Waals surface area (Å²) in [6.45, 7) is 5.86. The van der Waals surface area contributed by atoms with Gasteiger partial charge in [-0.1, -0.05) is 0 Å². The van der Waals surface area contributed by atoms with Gasteiger partial charge in [-0.05, 0) is 61.6 Å². The summed E-state index contributed by atoms with van der Waals surface area (Å²) in [6, 6.07) is 5.50. The van der Waals surface area contributed by atoms with Gasteiger partial charge in [-0.25, -0.2) is 4.79 Å². The Balaban J connectivity index is 2.33. The number of Topliss-reactive ketones (excluding diaryl/α,β-unsaturated/α-hetero) is 1. The zero-order chi connectivity index (χ0) is 14.2. The van der Waals surface area contributed by atoms with E-state index in [1.807, 2.05) is 32.9 Å². The maximum atomic E-state index is 12.2. The van der Waals surface area contributed by atoms with Gasteiger partial charge in [0.2, 0.25) is 0 Å². The molecule has 1 aliphatic rings. The molecule has 2 rings (SSSR count). The van der Waals surface area contributed by atoms with E-state index in [9.17, 15) is 9.59 Å². The smallest absolute Gasteiger partial charge is 0.414 e. The lowest BCUT2D eigenvalue weighted by atomic mass is 10.0. The predicted molar refractivity (Wildman–Crippen MR) is 81.7 cm³/mol. The van der Waals surface area contributed by atoms with Gasteiger partial charge in [-0.3, -0.25) is 9.69 Å². The Morgan fingerprint density at radius 1 is 1.37 bits per heavy atom. The van der Waals surface area contributed by atoms with Gasteiger partial charge in [-0.2, -0.15) is 0 Å². The quantitative estimate of drug-likeness (QED) is 0.653. The summed E-state index contributed by atoms with van der Waals surface area (Å²) < 4.78 is 6.36. The molecule has 0 radical (unpaired) electrons. The van der Waals surface area contributed by atoms with Crippen LogP contribution in [-0.2, 0) is 4.74 Å². The second-order valence-corrected chi connectivity index (χ2v) is 6.71. The van der Waals surface area contributed by atoms with Crippen molar-refractivity contribution in [3.63, 3.8) is 0 Å². The van der Waals surface area contributed by atoms with Crippen LogP contribution >= 0.6 is 22.6 Å². The molecule has 0 spiro atoms. The lowest BCUT2D eigenvalue weighted by Crippen LogP contribution is -2.41. The van der Waals surface area contributed by atoms with Crippen LogP contribution in [-0.4, -0.2) is 24.0 Å². The number of nitrogens with zero attached hydrogens (tertiary/aromatic N) is 1. The number of rotatable bonds is 0. The van der Waals surface area contributed by atoms with Gasteiger partial charge < -0.3 is 4.74 Å². The van der Waals surface area contributed by atoms with Crippen LogP contribution < -0.4 is 4.90 Å². The maximum absolute atomic E-state index is 12.2. The largest absolute Gasteiger partial charge is 0.443 e. The van der Waals surface area contributed by atoms with E-state index >= 15 is 0 Å². The molecule has 0 N–H and O–H groups in total. The number of hydrogen-bond donors (Lipinski definition) is 0. The van der Waals surface area contributed by atoms with Gasteiger partial charge in [0, 0.05) is 22.1 Å². The van der Waals surface area contributed by atoms with Gasteiger partial charge in [0.15, 0.2) is 5.78 Å². The van der Waals surface area contributed by atoms with Crippen LogP contribution in [0.15, 0.2) is 18.2 Å². The van der Waals surface area contributed by atoms with Crippen LogP contribution in [0.2, 0.25) is 0 Å². The highest BCUT2D eigenvalue weighted by Crippen LogP contribution is 2.29. The Kier molecular flexibility index (Phi) is 3.85. The first-order chi connectivity index (χ1) is 8.78. The molecule has 1 amide bonds. The van der Waals surface area contributed by atoms with E-state index in [1.54, 1.807) is 6.07 Å². The van der Waals surface area contributed by atoms with Gasteiger partial charge in [0.25, 0.3) is 0 Å². The van der Waals surface area contributed by atoms with Crippen molar-refractivity contribution in [2.24, 2.45) is 0 Å². The van der Waals surface area contributed by atoms with Crippen LogP contribution in [0.1, 0.15) is 37.6 Å². The van der Waals surface area contributed by atoms with Crippen LogP contribution in [0.4, 0.5) is 10.5 Å². The minimum atomic E-state index is -0.540. The summed E-state index contributed by atoms with van der Waals surface area (Å²) in [5.74, 6) is 0.0772. The van der Waals surface area contributed by atoms with E-state index in [2.05, 4.69) is 22.6 Å². The van der Waals surface area contributed by atoms with Crippen LogP contribution in [0, 0.1) is 3.57 Å². The van der Waals surface area contributed by atoms with Gasteiger partial charge in [0.1, 0.15) is 5.60 Å². The van der Waals surface area contributed by atoms with E-state index in [0.717, 1.165) is 3.57 Å². The van der Waals surface area contributed by atoms with Crippen molar-refractivity contribution in [3.05, 3.63) is 27.3 Å². The zero-order valence-electron chi connectivity index (χ0n) is 11.2. The summed E-state index contributed by atoms with van der Waals surface area (Å²) in [6.07, 6.45) is -0.0609. The molecule has 0 bridgehead atoms. The van der Waals surface area contributed by atoms with Crippen molar-refractivity contribution in [2.75, 3.05) is 11.4 Å². The van der Waals surface area contributed by atoms with Crippen LogP contribution in [0.3, 0.4) is 0 Å². The first-order valence-corrected chi connectivity index (χ1v) is 7.19. The molecule has 5 heteroatoms. The Bertz CT molecular complexity index is 534. The fourth-order valence-electron chi connectivity index (χ4n) is 1.94. The van der Waals surface area contributed by atoms with Crippen LogP contribution in [0.5, 0.6) is 0 Å². The average molecular weight is 373 g/mol. The van der Waals surface area contributed by atoms with Crippen LogP contribution in [0.25, 0.3) is 0 Å². The van der Waals surface area contributed by atoms with E-state index in [-0.39, 0.29) is 5.78 Å². The fourth-order valence-corrected chi connectivity index (χ4v) is 2.43. The molecule has 0 aliphatic carbocycles. The second kappa shape index (κ2) is 5.11. The Hall–Kier alpha value is -1.11. The molecule has 1 heterocycles. The van der Waals surface area contributed by atoms with Crippen molar-refractivity contribution >= 4 is 40.2 Å². The molecule has 1 aliphatic heterocycles. The Morgan fingerprint density at radius 2 is 2.05 bits per heavy atom. The highest BCUT2D eigenvalue weighted by Gasteiger charge is 2.30. The topological polar surface area (TPSA) is 46.6 Å². The highest BCUT2D eigenvalue weighted by atomic mass is 127. The van der Waals surface area contributed by atoms with Crippen molar-refractivity contribution in [1.82, 2.24) is 0 Å². The van der Waals surface area contributed by atoms with E-state index < -0.39 is 11.7 Å². The molecule has 1 aromatic carbocycles.